The Hall–Kier alpha value is -3.04. The van der Waals surface area contributed by atoms with E-state index in [1.165, 1.54) is 18.9 Å². The molecule has 7 nitrogen and oxygen atoms in total. The molecule has 0 saturated carbocycles. The van der Waals surface area contributed by atoms with Crippen molar-refractivity contribution in [1.82, 2.24) is 5.32 Å². The molecule has 3 rings (SSSR count). The summed E-state index contributed by atoms with van der Waals surface area (Å²) in [5.41, 5.74) is 3.16. The van der Waals surface area contributed by atoms with Crippen LogP contribution in [0.3, 0.4) is 0 Å². The lowest BCUT2D eigenvalue weighted by Crippen LogP contribution is -2.19. The highest BCUT2D eigenvalue weighted by atomic mass is 79.9. The van der Waals surface area contributed by atoms with E-state index in [2.05, 4.69) is 32.8 Å². The first-order chi connectivity index (χ1) is 15.3. The van der Waals surface area contributed by atoms with E-state index in [1.807, 2.05) is 31.2 Å². The van der Waals surface area contributed by atoms with Gasteiger partial charge in [-0.15, -0.1) is 6.58 Å². The molecule has 2 N–H and O–H groups in total. The van der Waals surface area contributed by atoms with Crippen LogP contribution in [0.5, 0.6) is 11.5 Å². The molecule has 166 valence electrons. The maximum absolute atomic E-state index is 12.5. The number of hydrogen-bond acceptors (Lipinski definition) is 6. The summed E-state index contributed by atoms with van der Waals surface area (Å²) in [5.74, 6) is -0.623. The van der Waals surface area contributed by atoms with Gasteiger partial charge in [0.1, 0.15) is 0 Å². The van der Waals surface area contributed by atoms with Crippen LogP contribution < -0.4 is 14.8 Å². The highest BCUT2D eigenvalue weighted by Gasteiger charge is 2.24. The molecule has 0 spiro atoms. The van der Waals surface area contributed by atoms with Crippen molar-refractivity contribution in [3.05, 3.63) is 69.1 Å². The van der Waals surface area contributed by atoms with Crippen LogP contribution in [0.2, 0.25) is 0 Å². The maximum Gasteiger partial charge on any atom is 0.341 e. The molecule has 0 aromatic heterocycles. The number of ether oxygens (including phenoxy) is 2. The zero-order valence-electron chi connectivity index (χ0n) is 17.5. The Morgan fingerprint density at radius 3 is 2.78 bits per heavy atom. The van der Waals surface area contributed by atoms with Crippen molar-refractivity contribution in [3.8, 4) is 11.5 Å². The van der Waals surface area contributed by atoms with Crippen LogP contribution in [0.1, 0.15) is 16.7 Å². The number of rotatable bonds is 8. The number of hydrogen-bond donors (Lipinski definition) is 2. The highest BCUT2D eigenvalue weighted by Crippen LogP contribution is 2.36. The van der Waals surface area contributed by atoms with E-state index in [1.54, 1.807) is 18.2 Å². The fourth-order valence-corrected chi connectivity index (χ4v) is 4.32. The number of carbonyl (C=O) groups is 2. The van der Waals surface area contributed by atoms with Crippen molar-refractivity contribution in [2.75, 3.05) is 13.7 Å². The Morgan fingerprint density at radius 2 is 2.12 bits per heavy atom. The molecule has 32 heavy (non-hydrogen) atoms. The molecule has 2 aromatic carbocycles. The van der Waals surface area contributed by atoms with E-state index in [-0.39, 0.29) is 5.91 Å². The van der Waals surface area contributed by atoms with Gasteiger partial charge in [0, 0.05) is 10.0 Å². The van der Waals surface area contributed by atoms with Crippen LogP contribution in [0, 0.1) is 6.92 Å². The molecule has 1 aliphatic rings. The molecular weight excluding hydrogens is 496 g/mol. The number of aliphatic imine (C=N–C) groups is 1. The summed E-state index contributed by atoms with van der Waals surface area (Å²) >= 11 is 4.67. The molecule has 1 fully saturated rings. The van der Waals surface area contributed by atoms with Crippen molar-refractivity contribution in [2.45, 2.75) is 13.3 Å². The number of aliphatic carboxylic acids is 1. The Bertz CT molecular complexity index is 1140. The van der Waals surface area contributed by atoms with Crippen LogP contribution in [0.4, 0.5) is 5.69 Å². The summed E-state index contributed by atoms with van der Waals surface area (Å²) in [6, 6.07) is 9.24. The topological polar surface area (TPSA) is 97.2 Å². The first kappa shape index (κ1) is 23.6. The Balaban J connectivity index is 1.92. The van der Waals surface area contributed by atoms with Gasteiger partial charge in [0.2, 0.25) is 0 Å². The fraction of sp³-hybridized carbons (Fsp3) is 0.174. The van der Waals surface area contributed by atoms with Crippen LogP contribution in [-0.4, -0.2) is 35.9 Å². The Labute approximate surface area is 198 Å². The fourth-order valence-electron chi connectivity index (χ4n) is 3.01. The van der Waals surface area contributed by atoms with Gasteiger partial charge >= 0.3 is 5.97 Å². The predicted octanol–water partition coefficient (Wildman–Crippen LogP) is 4.85. The summed E-state index contributed by atoms with van der Waals surface area (Å²) in [7, 11) is 1.47. The maximum atomic E-state index is 12.5. The van der Waals surface area contributed by atoms with Crippen molar-refractivity contribution in [1.29, 1.82) is 0 Å². The second-order valence-electron chi connectivity index (χ2n) is 6.80. The van der Waals surface area contributed by atoms with E-state index in [4.69, 9.17) is 14.6 Å². The predicted molar refractivity (Wildman–Crippen MR) is 130 cm³/mol. The second-order valence-corrected chi connectivity index (χ2v) is 8.75. The van der Waals surface area contributed by atoms with Gasteiger partial charge in [-0.1, -0.05) is 22.0 Å². The molecule has 1 saturated heterocycles. The molecule has 1 amide bonds. The number of carbonyl (C=O) groups excluding carboxylic acids is 1. The van der Waals surface area contributed by atoms with E-state index >= 15 is 0 Å². The zero-order valence-corrected chi connectivity index (χ0v) is 19.9. The first-order valence-electron chi connectivity index (χ1n) is 9.53. The molecule has 1 aliphatic heterocycles. The molecule has 0 bridgehead atoms. The standard InChI is InChI=1S/C23H21BrN2O5S/c1-4-5-15-9-14(10-18(30-3)21(15)31-12-20(27)28)11-19-22(29)26-23(32-19)25-17-7-6-16(24)8-13(17)2/h4,6-11H,1,5,12H2,2-3H3,(H,27,28)(H,25,26,29)/b19-11-. The zero-order chi connectivity index (χ0) is 23.3. The van der Waals surface area contributed by atoms with Gasteiger partial charge < -0.3 is 19.9 Å². The molecular formula is C23H21BrN2O5S. The Morgan fingerprint density at radius 1 is 1.34 bits per heavy atom. The molecule has 2 aromatic rings. The minimum Gasteiger partial charge on any atom is -0.493 e. The van der Waals surface area contributed by atoms with E-state index in [0.717, 1.165) is 15.7 Å². The number of carboxylic acids is 1. The smallest absolute Gasteiger partial charge is 0.341 e. The second kappa shape index (κ2) is 10.5. The van der Waals surface area contributed by atoms with Crippen LogP contribution in [0.15, 0.2) is 57.4 Å². The van der Waals surface area contributed by atoms with Gasteiger partial charge in [0.15, 0.2) is 23.3 Å². The molecule has 0 atom stereocenters. The minimum absolute atomic E-state index is 0.251. The number of halogens is 1. The van der Waals surface area contributed by atoms with Gasteiger partial charge in [-0.05, 0) is 72.6 Å². The number of methoxy groups -OCH3 is 1. The quantitative estimate of drug-likeness (QED) is 0.384. The van der Waals surface area contributed by atoms with Gasteiger partial charge in [0.25, 0.3) is 5.91 Å². The lowest BCUT2D eigenvalue weighted by atomic mass is 10.0. The summed E-state index contributed by atoms with van der Waals surface area (Å²) < 4.78 is 11.8. The largest absolute Gasteiger partial charge is 0.493 e. The molecule has 0 aliphatic carbocycles. The number of aryl methyl sites for hydroxylation is 1. The number of carboxylic acid groups (broad SMARTS) is 1. The number of allylic oxidation sites excluding steroid dienone is 1. The SMILES string of the molecule is C=CCc1cc(/C=C2\SC(=Nc3ccc(Br)cc3C)NC2=O)cc(OC)c1OCC(=O)O. The Kier molecular flexibility index (Phi) is 7.76. The highest BCUT2D eigenvalue weighted by molar-refractivity contribution is 9.10. The summed E-state index contributed by atoms with van der Waals surface area (Å²) in [6.07, 6.45) is 3.85. The van der Waals surface area contributed by atoms with Gasteiger partial charge in [0.05, 0.1) is 17.7 Å². The normalized spacial score (nSPS) is 15.7. The third-order valence-electron chi connectivity index (χ3n) is 4.41. The van der Waals surface area contributed by atoms with Gasteiger partial charge in [-0.25, -0.2) is 9.79 Å². The number of amides is 1. The van der Waals surface area contributed by atoms with Crippen LogP contribution in [0.25, 0.3) is 6.08 Å². The number of benzene rings is 2. The van der Waals surface area contributed by atoms with Crippen molar-refractivity contribution in [2.24, 2.45) is 4.99 Å². The minimum atomic E-state index is -1.09. The molecule has 0 radical (unpaired) electrons. The van der Waals surface area contributed by atoms with E-state index in [0.29, 0.717) is 39.1 Å². The van der Waals surface area contributed by atoms with E-state index < -0.39 is 12.6 Å². The van der Waals surface area contributed by atoms with E-state index in [9.17, 15) is 9.59 Å². The number of amidine groups is 1. The first-order valence-corrected chi connectivity index (χ1v) is 11.1. The third-order valence-corrected chi connectivity index (χ3v) is 5.81. The lowest BCUT2D eigenvalue weighted by Gasteiger charge is -2.14. The van der Waals surface area contributed by atoms with Crippen molar-refractivity contribution in [3.63, 3.8) is 0 Å². The average Bonchev–Trinajstić information content (AvgIpc) is 3.07. The average molecular weight is 517 g/mol. The van der Waals surface area contributed by atoms with Crippen LogP contribution >= 0.6 is 27.7 Å². The third kappa shape index (κ3) is 5.80. The number of nitrogens with one attached hydrogen (secondary N) is 1. The number of nitrogens with zero attached hydrogens (tertiary/aromatic N) is 1. The lowest BCUT2D eigenvalue weighted by molar-refractivity contribution is -0.139. The monoisotopic (exact) mass is 516 g/mol. The van der Waals surface area contributed by atoms with Gasteiger partial charge in [-0.3, -0.25) is 4.79 Å². The number of thioether (sulfide) groups is 1. The van der Waals surface area contributed by atoms with Crippen molar-refractivity contribution < 1.29 is 24.2 Å². The summed E-state index contributed by atoms with van der Waals surface area (Å²) in [4.78, 5) is 28.4. The summed E-state index contributed by atoms with van der Waals surface area (Å²) in [5, 5.41) is 12.2. The summed E-state index contributed by atoms with van der Waals surface area (Å²) in [6.45, 7) is 5.20. The van der Waals surface area contributed by atoms with Gasteiger partial charge in [-0.2, -0.15) is 0 Å². The van der Waals surface area contributed by atoms with Crippen molar-refractivity contribution >= 4 is 56.5 Å². The molecule has 1 heterocycles. The molecule has 0 unspecified atom stereocenters. The van der Waals surface area contributed by atoms with Crippen LogP contribution in [-0.2, 0) is 16.0 Å². The molecule has 9 heteroatoms.